The number of hydrogen-bond donors (Lipinski definition) is 5. The first-order chi connectivity index (χ1) is 12.1. The fourth-order valence-corrected chi connectivity index (χ4v) is 3.51. The molecule has 0 aromatic heterocycles. The molecule has 0 saturated heterocycles. The Labute approximate surface area is 153 Å². The van der Waals surface area contributed by atoms with E-state index in [-0.39, 0.29) is 11.3 Å². The average Bonchev–Trinajstić information content (AvgIpc) is 2.60. The molecule has 0 heterocycles. The number of nitrogens with one attached hydrogen (secondary N) is 5. The first-order valence-electron chi connectivity index (χ1n) is 9.66. The summed E-state index contributed by atoms with van der Waals surface area (Å²) in [5, 5.41) is 18.0. The molecule has 5 heteroatoms. The minimum atomic E-state index is -0.246. The van der Waals surface area contributed by atoms with Crippen LogP contribution in [0.25, 0.3) is 0 Å². The van der Waals surface area contributed by atoms with E-state index in [1.807, 2.05) is 0 Å². The van der Waals surface area contributed by atoms with Crippen molar-refractivity contribution in [1.29, 1.82) is 0 Å². The Bertz CT molecular complexity index is 500. The summed E-state index contributed by atoms with van der Waals surface area (Å²) in [4.78, 5) is 0. The molecule has 0 aromatic rings. The lowest BCUT2D eigenvalue weighted by Crippen LogP contribution is -2.68. The third kappa shape index (κ3) is 5.21. The van der Waals surface area contributed by atoms with Crippen LogP contribution in [0.2, 0.25) is 0 Å². The van der Waals surface area contributed by atoms with Crippen LogP contribution < -0.4 is 26.6 Å². The van der Waals surface area contributed by atoms with Crippen molar-refractivity contribution in [2.45, 2.75) is 51.9 Å². The first-order valence-corrected chi connectivity index (χ1v) is 9.66. The zero-order valence-electron chi connectivity index (χ0n) is 16.2. The summed E-state index contributed by atoms with van der Waals surface area (Å²) >= 11 is 0. The fraction of sp³-hybridized carbons (Fsp3) is 0.600. The minimum Gasteiger partial charge on any atom is -0.386 e. The molecule has 5 N–H and O–H groups in total. The van der Waals surface area contributed by atoms with Gasteiger partial charge >= 0.3 is 0 Å². The number of likely N-dealkylation sites (N-methyl/N-ethyl adjacent to an activating group) is 4. The van der Waals surface area contributed by atoms with Crippen LogP contribution in [0.5, 0.6) is 0 Å². The van der Waals surface area contributed by atoms with Crippen LogP contribution in [0.1, 0.15) is 40.5 Å². The molecule has 0 aliphatic heterocycles. The van der Waals surface area contributed by atoms with Crippen molar-refractivity contribution in [3.05, 3.63) is 47.9 Å². The molecule has 0 bridgehead atoms. The standard InChI is InChI=1S/C20H35N5/c1-5-21-17-9-13-19(14-10-17,23-7-3)25-20(24-8-4)15-11-18(12-16-20)22-6-2/h9-13,15,21-25H,5-8,14,16H2,1-4H3. The highest BCUT2D eigenvalue weighted by Crippen LogP contribution is 2.25. The topological polar surface area (TPSA) is 60.1 Å². The Hall–Kier alpha value is -1.56. The van der Waals surface area contributed by atoms with Crippen LogP contribution in [0.4, 0.5) is 0 Å². The highest BCUT2D eigenvalue weighted by atomic mass is 15.3. The molecule has 0 saturated carbocycles. The lowest BCUT2D eigenvalue weighted by Gasteiger charge is -2.45. The second kappa shape index (κ2) is 9.22. The van der Waals surface area contributed by atoms with Crippen molar-refractivity contribution in [3.63, 3.8) is 0 Å². The van der Waals surface area contributed by atoms with Crippen molar-refractivity contribution >= 4 is 0 Å². The van der Waals surface area contributed by atoms with E-state index in [2.05, 4.69) is 90.7 Å². The lowest BCUT2D eigenvalue weighted by molar-refractivity contribution is 0.210. The molecule has 140 valence electrons. The summed E-state index contributed by atoms with van der Waals surface area (Å²) in [5.74, 6) is 0. The molecule has 2 rings (SSSR count). The summed E-state index contributed by atoms with van der Waals surface area (Å²) in [6.07, 6.45) is 15.2. The second-order valence-corrected chi connectivity index (χ2v) is 6.58. The Morgan fingerprint density at radius 1 is 0.720 bits per heavy atom. The minimum absolute atomic E-state index is 0.246. The molecule has 25 heavy (non-hydrogen) atoms. The van der Waals surface area contributed by atoms with Crippen molar-refractivity contribution < 1.29 is 0 Å². The lowest BCUT2D eigenvalue weighted by atomic mass is 9.92. The van der Waals surface area contributed by atoms with E-state index >= 15 is 0 Å². The molecule has 0 fully saturated rings. The SMILES string of the molecule is CCNC1=CCC(NCC)(NC2(NCC)C=CC(NCC)=CC2)C=C1. The molecule has 0 amide bonds. The van der Waals surface area contributed by atoms with Crippen LogP contribution in [0.15, 0.2) is 47.9 Å². The van der Waals surface area contributed by atoms with E-state index in [4.69, 9.17) is 0 Å². The van der Waals surface area contributed by atoms with Gasteiger partial charge in [0, 0.05) is 37.3 Å². The molecule has 2 aliphatic rings. The Kier molecular flexibility index (Phi) is 7.29. The zero-order chi connectivity index (χ0) is 18.2. The number of hydrogen-bond acceptors (Lipinski definition) is 5. The second-order valence-electron chi connectivity index (χ2n) is 6.58. The molecule has 0 aromatic carbocycles. The third-order valence-electron chi connectivity index (χ3n) is 4.58. The van der Waals surface area contributed by atoms with Gasteiger partial charge in [0.25, 0.3) is 0 Å². The summed E-state index contributed by atoms with van der Waals surface area (Å²) in [7, 11) is 0. The van der Waals surface area contributed by atoms with E-state index in [1.165, 1.54) is 11.4 Å². The van der Waals surface area contributed by atoms with Gasteiger partial charge in [-0.2, -0.15) is 0 Å². The van der Waals surface area contributed by atoms with Gasteiger partial charge in [-0.15, -0.1) is 0 Å². The molecular formula is C20H35N5. The van der Waals surface area contributed by atoms with Crippen molar-refractivity contribution in [2.24, 2.45) is 0 Å². The van der Waals surface area contributed by atoms with Gasteiger partial charge in [-0.3, -0.25) is 16.0 Å². The summed E-state index contributed by atoms with van der Waals surface area (Å²) in [5.41, 5.74) is 1.90. The van der Waals surface area contributed by atoms with Crippen LogP contribution in [-0.2, 0) is 0 Å². The summed E-state index contributed by atoms with van der Waals surface area (Å²) in [6.45, 7) is 12.3. The van der Waals surface area contributed by atoms with E-state index in [0.717, 1.165) is 39.0 Å². The summed E-state index contributed by atoms with van der Waals surface area (Å²) in [6, 6.07) is 0. The molecule has 2 aliphatic carbocycles. The van der Waals surface area contributed by atoms with Crippen LogP contribution in [0.3, 0.4) is 0 Å². The van der Waals surface area contributed by atoms with Crippen LogP contribution in [-0.4, -0.2) is 37.5 Å². The van der Waals surface area contributed by atoms with Crippen LogP contribution >= 0.6 is 0 Å². The van der Waals surface area contributed by atoms with Gasteiger partial charge in [-0.1, -0.05) is 26.0 Å². The Morgan fingerprint density at radius 2 is 1.16 bits per heavy atom. The van der Waals surface area contributed by atoms with Gasteiger partial charge in [0.1, 0.15) is 0 Å². The Balaban J connectivity index is 2.16. The predicted octanol–water partition coefficient (Wildman–Crippen LogP) is 2.09. The molecule has 0 radical (unpaired) electrons. The molecular weight excluding hydrogens is 310 g/mol. The molecule has 2 atom stereocenters. The maximum absolute atomic E-state index is 3.87. The van der Waals surface area contributed by atoms with E-state index in [1.54, 1.807) is 0 Å². The van der Waals surface area contributed by atoms with E-state index in [9.17, 15) is 0 Å². The van der Waals surface area contributed by atoms with Gasteiger partial charge in [0.05, 0.1) is 11.3 Å². The van der Waals surface area contributed by atoms with Gasteiger partial charge in [-0.05, 0) is 51.2 Å². The normalized spacial score (nSPS) is 28.5. The van der Waals surface area contributed by atoms with Gasteiger partial charge in [0.15, 0.2) is 0 Å². The largest absolute Gasteiger partial charge is 0.386 e. The highest BCUT2D eigenvalue weighted by molar-refractivity contribution is 5.32. The first kappa shape index (κ1) is 19.8. The number of allylic oxidation sites excluding steroid dienone is 2. The van der Waals surface area contributed by atoms with Crippen molar-refractivity contribution in [1.82, 2.24) is 26.6 Å². The molecule has 2 unspecified atom stereocenters. The zero-order valence-corrected chi connectivity index (χ0v) is 16.2. The average molecular weight is 346 g/mol. The maximum atomic E-state index is 3.87. The monoisotopic (exact) mass is 345 g/mol. The third-order valence-corrected chi connectivity index (χ3v) is 4.58. The van der Waals surface area contributed by atoms with Gasteiger partial charge < -0.3 is 10.6 Å². The Morgan fingerprint density at radius 3 is 1.44 bits per heavy atom. The van der Waals surface area contributed by atoms with Crippen molar-refractivity contribution in [2.75, 3.05) is 26.2 Å². The molecule has 5 nitrogen and oxygen atoms in total. The van der Waals surface area contributed by atoms with Gasteiger partial charge in [0.2, 0.25) is 0 Å². The molecule has 0 spiro atoms. The highest BCUT2D eigenvalue weighted by Gasteiger charge is 2.37. The van der Waals surface area contributed by atoms with Gasteiger partial charge in [-0.25, -0.2) is 0 Å². The maximum Gasteiger partial charge on any atom is 0.0935 e. The van der Waals surface area contributed by atoms with Crippen molar-refractivity contribution in [3.8, 4) is 0 Å². The van der Waals surface area contributed by atoms with Crippen LogP contribution in [0, 0.1) is 0 Å². The summed E-state index contributed by atoms with van der Waals surface area (Å²) < 4.78 is 0. The predicted molar refractivity (Wildman–Crippen MR) is 107 cm³/mol. The van der Waals surface area contributed by atoms with E-state index < -0.39 is 0 Å². The quantitative estimate of drug-likeness (QED) is 0.393. The fourth-order valence-electron chi connectivity index (χ4n) is 3.51. The smallest absolute Gasteiger partial charge is 0.0935 e. The van der Waals surface area contributed by atoms with E-state index in [0.29, 0.717) is 0 Å². The number of rotatable bonds is 10.